The number of ether oxygens (including phenoxy) is 1. The van der Waals surface area contributed by atoms with Crippen LogP contribution in [0.4, 0.5) is 11.6 Å². The normalized spacial score (nSPS) is 19.2. The maximum absolute atomic E-state index is 5.71. The van der Waals surface area contributed by atoms with Gasteiger partial charge >= 0.3 is 0 Å². The zero-order valence-corrected chi connectivity index (χ0v) is 12.4. The van der Waals surface area contributed by atoms with Crippen molar-refractivity contribution in [2.75, 3.05) is 36.6 Å². The lowest BCUT2D eigenvalue weighted by molar-refractivity contribution is 0.0247. The van der Waals surface area contributed by atoms with E-state index in [1.54, 1.807) is 11.8 Å². The largest absolute Gasteiger partial charge is 0.376 e. The maximum Gasteiger partial charge on any atom is 0.191 e. The van der Waals surface area contributed by atoms with Crippen molar-refractivity contribution in [3.8, 4) is 0 Å². The molecule has 19 heavy (non-hydrogen) atoms. The molecule has 0 aliphatic carbocycles. The quantitative estimate of drug-likeness (QED) is 0.618. The fourth-order valence-electron chi connectivity index (χ4n) is 2.07. The molecule has 1 saturated heterocycles. The highest BCUT2D eigenvalue weighted by molar-refractivity contribution is 7.98. The average molecular weight is 282 g/mol. The van der Waals surface area contributed by atoms with E-state index in [1.165, 1.54) is 12.8 Å². The molecule has 0 spiro atoms. The van der Waals surface area contributed by atoms with Crippen molar-refractivity contribution < 1.29 is 4.74 Å². The molecule has 0 saturated carbocycles. The second-order valence-electron chi connectivity index (χ2n) is 4.52. The fourth-order valence-corrected chi connectivity index (χ4v) is 2.44. The molecule has 0 aromatic carbocycles. The van der Waals surface area contributed by atoms with E-state index in [0.29, 0.717) is 6.10 Å². The molecule has 2 rings (SSSR count). The summed E-state index contributed by atoms with van der Waals surface area (Å²) in [7, 11) is 0. The van der Waals surface area contributed by atoms with Gasteiger partial charge in [-0.1, -0.05) is 11.8 Å². The molecule has 1 atom stereocenters. The van der Waals surface area contributed by atoms with E-state index in [4.69, 9.17) is 4.74 Å². The van der Waals surface area contributed by atoms with Gasteiger partial charge in [-0.3, -0.25) is 0 Å². The van der Waals surface area contributed by atoms with Crippen molar-refractivity contribution in [1.82, 2.24) is 9.97 Å². The zero-order chi connectivity index (χ0) is 13.5. The Kier molecular flexibility index (Phi) is 5.72. The van der Waals surface area contributed by atoms with Crippen LogP contribution in [0.5, 0.6) is 0 Å². The molecular weight excluding hydrogens is 260 g/mol. The number of nitrogens with one attached hydrogen (secondary N) is 2. The molecule has 1 unspecified atom stereocenters. The minimum absolute atomic E-state index is 0.309. The first-order chi connectivity index (χ1) is 9.31. The van der Waals surface area contributed by atoms with Crippen LogP contribution in [-0.2, 0) is 4.74 Å². The minimum atomic E-state index is 0.309. The summed E-state index contributed by atoms with van der Waals surface area (Å²) in [6.45, 7) is 4.62. The van der Waals surface area contributed by atoms with E-state index in [2.05, 4.69) is 27.5 Å². The van der Waals surface area contributed by atoms with Gasteiger partial charge < -0.3 is 15.4 Å². The van der Waals surface area contributed by atoms with Gasteiger partial charge in [0.25, 0.3) is 0 Å². The highest BCUT2D eigenvalue weighted by atomic mass is 32.2. The molecule has 2 N–H and O–H groups in total. The van der Waals surface area contributed by atoms with Gasteiger partial charge in [0.15, 0.2) is 5.16 Å². The summed E-state index contributed by atoms with van der Waals surface area (Å²) >= 11 is 1.55. The molecule has 2 heterocycles. The first-order valence-electron chi connectivity index (χ1n) is 6.84. The van der Waals surface area contributed by atoms with E-state index in [-0.39, 0.29) is 0 Å². The van der Waals surface area contributed by atoms with Crippen molar-refractivity contribution in [1.29, 1.82) is 0 Å². The first-order valence-corrected chi connectivity index (χ1v) is 8.06. The highest BCUT2D eigenvalue weighted by Crippen LogP contribution is 2.18. The second-order valence-corrected chi connectivity index (χ2v) is 5.30. The summed E-state index contributed by atoms with van der Waals surface area (Å²) in [5, 5.41) is 7.37. The lowest BCUT2D eigenvalue weighted by Gasteiger charge is -2.23. The molecule has 106 valence electrons. The van der Waals surface area contributed by atoms with Crippen LogP contribution in [0.1, 0.15) is 26.2 Å². The number of aromatic nitrogens is 2. The van der Waals surface area contributed by atoms with Gasteiger partial charge in [0.2, 0.25) is 0 Å². The fraction of sp³-hybridized carbons (Fsp3) is 0.692. The van der Waals surface area contributed by atoms with Gasteiger partial charge in [-0.05, 0) is 32.4 Å². The number of hydrogen-bond donors (Lipinski definition) is 2. The monoisotopic (exact) mass is 282 g/mol. The predicted molar refractivity (Wildman–Crippen MR) is 80.1 cm³/mol. The molecule has 1 aromatic heterocycles. The van der Waals surface area contributed by atoms with Crippen LogP contribution in [0.25, 0.3) is 0 Å². The molecule has 0 radical (unpaired) electrons. The van der Waals surface area contributed by atoms with Crippen molar-refractivity contribution in [3.63, 3.8) is 0 Å². The van der Waals surface area contributed by atoms with Gasteiger partial charge in [0.1, 0.15) is 11.6 Å². The molecule has 0 amide bonds. The molecule has 5 nitrogen and oxygen atoms in total. The third-order valence-electron chi connectivity index (χ3n) is 3.03. The molecule has 1 aliphatic rings. The van der Waals surface area contributed by atoms with Crippen LogP contribution in [0.15, 0.2) is 11.2 Å². The molecule has 1 aliphatic heterocycles. The smallest absolute Gasteiger partial charge is 0.191 e. The van der Waals surface area contributed by atoms with Crippen molar-refractivity contribution >= 4 is 23.4 Å². The number of rotatable bonds is 6. The Morgan fingerprint density at radius 2 is 2.11 bits per heavy atom. The lowest BCUT2D eigenvalue weighted by atomic mass is 10.1. The van der Waals surface area contributed by atoms with Crippen LogP contribution < -0.4 is 10.6 Å². The number of hydrogen-bond acceptors (Lipinski definition) is 6. The number of nitrogens with zero attached hydrogens (tertiary/aromatic N) is 2. The van der Waals surface area contributed by atoms with E-state index in [9.17, 15) is 0 Å². The summed E-state index contributed by atoms with van der Waals surface area (Å²) in [5.74, 6) is 1.73. The lowest BCUT2D eigenvalue weighted by Crippen LogP contribution is -2.27. The van der Waals surface area contributed by atoms with E-state index in [0.717, 1.165) is 42.9 Å². The molecule has 0 bridgehead atoms. The Morgan fingerprint density at radius 1 is 1.32 bits per heavy atom. The Bertz CT molecular complexity index is 396. The first kappa shape index (κ1) is 14.4. The van der Waals surface area contributed by atoms with Crippen molar-refractivity contribution in [2.45, 2.75) is 37.4 Å². The molecular formula is C13H22N4OS. The van der Waals surface area contributed by atoms with E-state index in [1.807, 2.05) is 12.3 Å². The topological polar surface area (TPSA) is 59.1 Å². The summed E-state index contributed by atoms with van der Waals surface area (Å²) < 4.78 is 5.71. The van der Waals surface area contributed by atoms with Crippen LogP contribution in [0.3, 0.4) is 0 Å². The molecule has 1 fully saturated rings. The van der Waals surface area contributed by atoms with Crippen molar-refractivity contribution in [3.05, 3.63) is 6.07 Å². The summed E-state index contributed by atoms with van der Waals surface area (Å²) in [5.41, 5.74) is 0. The Hall–Kier alpha value is -1.01. The predicted octanol–water partition coefficient (Wildman–Crippen LogP) is 2.61. The second kappa shape index (κ2) is 7.55. The number of thioether (sulfide) groups is 1. The van der Waals surface area contributed by atoms with Crippen LogP contribution in [0.2, 0.25) is 0 Å². The summed E-state index contributed by atoms with van der Waals surface area (Å²) in [6, 6.07) is 1.95. The van der Waals surface area contributed by atoms with Gasteiger partial charge in [-0.15, -0.1) is 0 Å². The minimum Gasteiger partial charge on any atom is -0.376 e. The molecule has 6 heteroatoms. The third-order valence-corrected chi connectivity index (χ3v) is 3.58. The highest BCUT2D eigenvalue weighted by Gasteiger charge is 2.14. The molecule has 1 aromatic rings. The third kappa shape index (κ3) is 4.54. The Morgan fingerprint density at radius 3 is 2.74 bits per heavy atom. The SMILES string of the molecule is CCNc1cc(NCC2CCCCO2)nc(SC)n1. The number of anilines is 2. The summed E-state index contributed by atoms with van der Waals surface area (Å²) in [6.07, 6.45) is 5.87. The Labute approximate surface area is 118 Å². The van der Waals surface area contributed by atoms with Gasteiger partial charge in [-0.25, -0.2) is 9.97 Å². The Balaban J connectivity index is 1.95. The van der Waals surface area contributed by atoms with Crippen LogP contribution >= 0.6 is 11.8 Å². The zero-order valence-electron chi connectivity index (χ0n) is 11.6. The van der Waals surface area contributed by atoms with Gasteiger partial charge in [0, 0.05) is 25.8 Å². The van der Waals surface area contributed by atoms with Gasteiger partial charge in [-0.2, -0.15) is 0 Å². The van der Waals surface area contributed by atoms with Gasteiger partial charge in [0.05, 0.1) is 6.10 Å². The standard InChI is InChI=1S/C13H22N4OS/c1-3-14-11-8-12(17-13(16-11)19-2)15-9-10-6-4-5-7-18-10/h8,10H,3-7,9H2,1-2H3,(H2,14,15,16,17). The average Bonchev–Trinajstić information content (AvgIpc) is 2.46. The van der Waals surface area contributed by atoms with Crippen LogP contribution in [-0.4, -0.2) is 42.0 Å². The van der Waals surface area contributed by atoms with E-state index >= 15 is 0 Å². The summed E-state index contributed by atoms with van der Waals surface area (Å²) in [4.78, 5) is 8.87. The van der Waals surface area contributed by atoms with Crippen LogP contribution in [0, 0.1) is 0 Å². The van der Waals surface area contributed by atoms with Crippen molar-refractivity contribution in [2.24, 2.45) is 0 Å². The maximum atomic E-state index is 5.71. The van der Waals surface area contributed by atoms with E-state index < -0.39 is 0 Å².